The summed E-state index contributed by atoms with van der Waals surface area (Å²) in [5, 5.41) is 3.22. The molecule has 0 atom stereocenters. The molecule has 2 aliphatic rings. The summed E-state index contributed by atoms with van der Waals surface area (Å²) in [4.78, 5) is 26.8. The smallest absolute Gasteiger partial charge is 0.258 e. The van der Waals surface area contributed by atoms with E-state index >= 15 is 0 Å². The first-order valence-corrected chi connectivity index (χ1v) is 13.4. The fourth-order valence-electron chi connectivity index (χ4n) is 5.41. The summed E-state index contributed by atoms with van der Waals surface area (Å²) < 4.78 is 40.4. The van der Waals surface area contributed by atoms with Gasteiger partial charge in [0.2, 0.25) is 0 Å². The number of carbonyl (C=O) groups excluding carboxylic acids is 1. The quantitative estimate of drug-likeness (QED) is 0.287. The topological polar surface area (TPSA) is 79.8 Å². The maximum absolute atomic E-state index is 14.8. The summed E-state index contributed by atoms with van der Waals surface area (Å²) in [6, 6.07) is 14.4. The van der Waals surface area contributed by atoms with Gasteiger partial charge < -0.3 is 24.6 Å². The molecule has 0 radical (unpaired) electrons. The lowest BCUT2D eigenvalue weighted by molar-refractivity contribution is 0.0766. The largest absolute Gasteiger partial charge is 0.497 e. The van der Waals surface area contributed by atoms with Gasteiger partial charge in [-0.2, -0.15) is 0 Å². The SMILES string of the molecule is COc1ccc(CN2Cc3nc(-c4c(F)cccc4F)cc(Nc4ccc(N5CCCC5)cn4)c3C2=O)c(OC)c1. The predicted molar refractivity (Wildman–Crippen MR) is 152 cm³/mol. The molecule has 2 aromatic heterocycles. The Morgan fingerprint density at radius 3 is 2.41 bits per heavy atom. The van der Waals surface area contributed by atoms with Crippen LogP contribution in [0.5, 0.6) is 11.5 Å². The molecule has 0 bridgehead atoms. The van der Waals surface area contributed by atoms with Gasteiger partial charge in [-0.3, -0.25) is 4.79 Å². The first-order valence-electron chi connectivity index (χ1n) is 13.4. The number of benzene rings is 2. The van der Waals surface area contributed by atoms with E-state index in [1.165, 1.54) is 24.3 Å². The van der Waals surface area contributed by atoms with Crippen LogP contribution in [-0.2, 0) is 13.1 Å². The van der Waals surface area contributed by atoms with Crippen molar-refractivity contribution in [2.24, 2.45) is 0 Å². The Bertz CT molecular complexity index is 1590. The highest BCUT2D eigenvalue weighted by molar-refractivity contribution is 6.04. The normalized spacial score (nSPS) is 14.4. The maximum atomic E-state index is 14.8. The molecule has 1 amide bonds. The van der Waals surface area contributed by atoms with E-state index in [9.17, 15) is 13.6 Å². The molecule has 0 spiro atoms. The van der Waals surface area contributed by atoms with Crippen molar-refractivity contribution in [2.45, 2.75) is 25.9 Å². The van der Waals surface area contributed by atoms with E-state index in [2.05, 4.69) is 20.2 Å². The van der Waals surface area contributed by atoms with Crippen molar-refractivity contribution in [2.75, 3.05) is 37.5 Å². The van der Waals surface area contributed by atoms with Crippen LogP contribution in [0.4, 0.5) is 26.0 Å². The zero-order chi connectivity index (χ0) is 28.5. The molecule has 4 aromatic rings. The molecule has 4 heterocycles. The van der Waals surface area contributed by atoms with Gasteiger partial charge in [0.1, 0.15) is 29.0 Å². The van der Waals surface area contributed by atoms with Crippen molar-refractivity contribution in [1.29, 1.82) is 0 Å². The summed E-state index contributed by atoms with van der Waals surface area (Å²) in [6.07, 6.45) is 4.09. The van der Waals surface area contributed by atoms with E-state index < -0.39 is 11.6 Å². The Morgan fingerprint density at radius 2 is 1.73 bits per heavy atom. The highest BCUT2D eigenvalue weighted by Gasteiger charge is 2.33. The lowest BCUT2D eigenvalue weighted by Gasteiger charge is -2.18. The van der Waals surface area contributed by atoms with Gasteiger partial charge in [-0.1, -0.05) is 6.07 Å². The number of nitrogens with one attached hydrogen (secondary N) is 1. The summed E-state index contributed by atoms with van der Waals surface area (Å²) >= 11 is 0. The molecule has 2 aromatic carbocycles. The van der Waals surface area contributed by atoms with Crippen LogP contribution in [0.15, 0.2) is 60.8 Å². The number of amides is 1. The van der Waals surface area contributed by atoms with Crippen LogP contribution >= 0.6 is 0 Å². The van der Waals surface area contributed by atoms with Gasteiger partial charge >= 0.3 is 0 Å². The standard InChI is InChI=1S/C31H29F2N5O3/c1-40-21-10-8-19(27(14-21)41-2)17-38-18-26-30(31(38)39)25(15-24(35-26)29-22(32)6-5-7-23(29)33)36-28-11-9-20(16-34-28)37-12-3-4-13-37/h5-11,14-16H,3-4,12-13,17-18H2,1-2H3,(H,34,35,36). The predicted octanol–water partition coefficient (Wildman–Crippen LogP) is 5.94. The molecule has 1 N–H and O–H groups in total. The molecular formula is C31H29F2N5O3. The lowest BCUT2D eigenvalue weighted by atomic mass is 10.1. The molecular weight excluding hydrogens is 528 g/mol. The molecule has 2 aliphatic heterocycles. The average molecular weight is 558 g/mol. The Labute approximate surface area is 236 Å². The van der Waals surface area contributed by atoms with Gasteiger partial charge in [0, 0.05) is 24.7 Å². The average Bonchev–Trinajstić information content (AvgIpc) is 3.62. The number of hydrogen-bond acceptors (Lipinski definition) is 7. The monoisotopic (exact) mass is 557 g/mol. The molecule has 0 unspecified atom stereocenters. The second-order valence-electron chi connectivity index (χ2n) is 10.0. The van der Waals surface area contributed by atoms with Gasteiger partial charge in [-0.25, -0.2) is 18.7 Å². The fourth-order valence-corrected chi connectivity index (χ4v) is 5.41. The van der Waals surface area contributed by atoms with E-state index in [-0.39, 0.29) is 30.3 Å². The van der Waals surface area contributed by atoms with Crippen LogP contribution in [0.25, 0.3) is 11.3 Å². The number of halogens is 2. The Kier molecular flexibility index (Phi) is 7.13. The first-order chi connectivity index (χ1) is 19.9. The summed E-state index contributed by atoms with van der Waals surface area (Å²) in [6.45, 7) is 2.39. The third-order valence-electron chi connectivity index (χ3n) is 7.49. The highest BCUT2D eigenvalue weighted by atomic mass is 19.1. The van der Waals surface area contributed by atoms with Gasteiger partial charge in [-0.15, -0.1) is 0 Å². The van der Waals surface area contributed by atoms with Crippen LogP contribution in [0.2, 0.25) is 0 Å². The number of methoxy groups -OCH3 is 2. The Morgan fingerprint density at radius 1 is 0.951 bits per heavy atom. The number of anilines is 3. The van der Waals surface area contributed by atoms with Crippen molar-refractivity contribution < 1.29 is 23.0 Å². The van der Waals surface area contributed by atoms with Crippen molar-refractivity contribution in [3.8, 4) is 22.8 Å². The molecule has 210 valence electrons. The molecule has 8 nitrogen and oxygen atoms in total. The van der Waals surface area contributed by atoms with Crippen LogP contribution in [0.3, 0.4) is 0 Å². The third kappa shape index (κ3) is 5.13. The molecule has 1 saturated heterocycles. The molecule has 41 heavy (non-hydrogen) atoms. The van der Waals surface area contributed by atoms with E-state index in [1.807, 2.05) is 18.2 Å². The van der Waals surface area contributed by atoms with E-state index in [0.717, 1.165) is 37.2 Å². The molecule has 0 saturated carbocycles. The molecule has 1 fully saturated rings. The summed E-state index contributed by atoms with van der Waals surface area (Å²) in [5.41, 5.74) is 2.78. The first kappa shape index (κ1) is 26.5. The maximum Gasteiger partial charge on any atom is 0.258 e. The Balaban J connectivity index is 1.37. The zero-order valence-electron chi connectivity index (χ0n) is 22.8. The number of carbonyl (C=O) groups is 1. The fraction of sp³-hybridized carbons (Fsp3) is 0.258. The molecule has 10 heteroatoms. The highest BCUT2D eigenvalue weighted by Crippen LogP contribution is 2.37. The number of hydrogen-bond donors (Lipinski definition) is 1. The zero-order valence-corrected chi connectivity index (χ0v) is 22.8. The van der Waals surface area contributed by atoms with Crippen molar-refractivity contribution in [3.05, 3.63) is 89.2 Å². The van der Waals surface area contributed by atoms with Crippen LogP contribution in [-0.4, -0.2) is 48.1 Å². The second kappa shape index (κ2) is 11.0. The number of fused-ring (bicyclic) bond motifs is 1. The Hall–Kier alpha value is -4.73. The minimum atomic E-state index is -0.736. The number of aromatic nitrogens is 2. The third-order valence-corrected chi connectivity index (χ3v) is 7.49. The lowest BCUT2D eigenvalue weighted by Crippen LogP contribution is -2.24. The van der Waals surface area contributed by atoms with Gasteiger partial charge in [0.15, 0.2) is 0 Å². The van der Waals surface area contributed by atoms with Crippen molar-refractivity contribution >= 4 is 23.1 Å². The van der Waals surface area contributed by atoms with Gasteiger partial charge in [-0.05, 0) is 55.3 Å². The number of ether oxygens (including phenoxy) is 2. The van der Waals surface area contributed by atoms with Crippen LogP contribution in [0, 0.1) is 11.6 Å². The number of nitrogens with zero attached hydrogens (tertiary/aromatic N) is 4. The molecule has 0 aliphatic carbocycles. The van der Waals surface area contributed by atoms with Gasteiger partial charge in [0.25, 0.3) is 5.91 Å². The minimum absolute atomic E-state index is 0.0900. The number of rotatable bonds is 8. The van der Waals surface area contributed by atoms with E-state index in [0.29, 0.717) is 34.3 Å². The number of pyridine rings is 2. The van der Waals surface area contributed by atoms with E-state index in [4.69, 9.17) is 9.47 Å². The van der Waals surface area contributed by atoms with Crippen LogP contribution in [0.1, 0.15) is 34.5 Å². The van der Waals surface area contributed by atoms with Gasteiger partial charge in [0.05, 0.1) is 67.4 Å². The molecule has 6 rings (SSSR count). The summed E-state index contributed by atoms with van der Waals surface area (Å²) in [5.74, 6) is -0.0156. The van der Waals surface area contributed by atoms with Crippen LogP contribution < -0.4 is 19.7 Å². The summed E-state index contributed by atoms with van der Waals surface area (Å²) in [7, 11) is 3.12. The van der Waals surface area contributed by atoms with Crippen molar-refractivity contribution in [1.82, 2.24) is 14.9 Å². The van der Waals surface area contributed by atoms with Crippen molar-refractivity contribution in [3.63, 3.8) is 0 Å². The second-order valence-corrected chi connectivity index (χ2v) is 10.0. The van der Waals surface area contributed by atoms with E-state index in [1.54, 1.807) is 37.4 Å². The minimum Gasteiger partial charge on any atom is -0.497 e.